The summed E-state index contributed by atoms with van der Waals surface area (Å²) in [5, 5.41) is 3.06. The van der Waals surface area contributed by atoms with Gasteiger partial charge in [0.25, 0.3) is 0 Å². The highest BCUT2D eigenvalue weighted by Gasteiger charge is 2.35. The number of hydrogen-bond donors (Lipinski definition) is 2. The van der Waals surface area contributed by atoms with Gasteiger partial charge in [-0.05, 0) is 24.2 Å². The molecule has 3 unspecified atom stereocenters. The third-order valence-corrected chi connectivity index (χ3v) is 2.95. The Balaban J connectivity index is 2.40. The second kappa shape index (κ2) is 4.52. The van der Waals surface area contributed by atoms with Crippen LogP contribution < -0.4 is 11.1 Å². The van der Waals surface area contributed by atoms with E-state index in [0.717, 1.165) is 12.8 Å². The first-order valence-electron chi connectivity index (χ1n) is 5.84. The van der Waals surface area contributed by atoms with Crippen LogP contribution in [0.2, 0.25) is 0 Å². The lowest BCUT2D eigenvalue weighted by Crippen LogP contribution is -2.38. The van der Waals surface area contributed by atoms with E-state index in [9.17, 15) is 4.79 Å². The number of rotatable bonds is 4. The molecule has 1 rings (SSSR count). The van der Waals surface area contributed by atoms with E-state index in [-0.39, 0.29) is 17.2 Å². The van der Waals surface area contributed by atoms with Crippen molar-refractivity contribution < 1.29 is 4.79 Å². The van der Waals surface area contributed by atoms with Crippen LogP contribution in [0.15, 0.2) is 0 Å². The first-order chi connectivity index (χ1) is 6.83. The minimum Gasteiger partial charge on any atom is -0.353 e. The van der Waals surface area contributed by atoms with Crippen molar-refractivity contribution in [1.29, 1.82) is 0 Å². The molecule has 3 N–H and O–H groups in total. The molecule has 0 aromatic carbocycles. The van der Waals surface area contributed by atoms with Crippen LogP contribution in [0.1, 0.15) is 40.5 Å². The Morgan fingerprint density at radius 1 is 1.53 bits per heavy atom. The first kappa shape index (κ1) is 12.5. The lowest BCUT2D eigenvalue weighted by Gasteiger charge is -2.24. The zero-order valence-electron chi connectivity index (χ0n) is 10.3. The molecule has 1 aliphatic rings. The largest absolute Gasteiger partial charge is 0.353 e. The summed E-state index contributed by atoms with van der Waals surface area (Å²) in [7, 11) is 0. The smallest absolute Gasteiger partial charge is 0.224 e. The van der Waals surface area contributed by atoms with E-state index in [2.05, 4.69) is 33.0 Å². The van der Waals surface area contributed by atoms with E-state index in [4.69, 9.17) is 5.73 Å². The van der Waals surface area contributed by atoms with E-state index < -0.39 is 0 Å². The van der Waals surface area contributed by atoms with Crippen molar-refractivity contribution in [3.63, 3.8) is 0 Å². The van der Waals surface area contributed by atoms with Gasteiger partial charge in [-0.25, -0.2) is 0 Å². The van der Waals surface area contributed by atoms with Crippen LogP contribution in [0.3, 0.4) is 0 Å². The molecule has 15 heavy (non-hydrogen) atoms. The highest BCUT2D eigenvalue weighted by molar-refractivity contribution is 5.79. The summed E-state index contributed by atoms with van der Waals surface area (Å²) >= 11 is 0. The van der Waals surface area contributed by atoms with Gasteiger partial charge in [0.15, 0.2) is 0 Å². The van der Waals surface area contributed by atoms with Crippen molar-refractivity contribution in [3.05, 3.63) is 0 Å². The maximum atomic E-state index is 11.9. The van der Waals surface area contributed by atoms with Gasteiger partial charge in [0.1, 0.15) is 0 Å². The van der Waals surface area contributed by atoms with Crippen molar-refractivity contribution in [2.45, 2.75) is 46.6 Å². The van der Waals surface area contributed by atoms with E-state index in [1.165, 1.54) is 0 Å². The lowest BCUT2D eigenvalue weighted by atomic mass is 9.84. The molecule has 0 heterocycles. The van der Waals surface area contributed by atoms with Crippen LogP contribution in [0.25, 0.3) is 0 Å². The molecular weight excluding hydrogens is 188 g/mol. The number of nitrogens with one attached hydrogen (secondary N) is 1. The summed E-state index contributed by atoms with van der Waals surface area (Å²) in [5.74, 6) is 0.765. The molecule has 1 saturated carbocycles. The van der Waals surface area contributed by atoms with Crippen LogP contribution in [0, 0.1) is 17.3 Å². The molecule has 3 atom stereocenters. The maximum Gasteiger partial charge on any atom is 0.224 e. The van der Waals surface area contributed by atoms with E-state index in [0.29, 0.717) is 18.5 Å². The minimum absolute atomic E-state index is 0.0298. The number of carbonyl (C=O) groups excluding carboxylic acids is 1. The molecule has 0 aliphatic heterocycles. The Labute approximate surface area is 92.8 Å². The summed E-state index contributed by atoms with van der Waals surface area (Å²) in [5.41, 5.74) is 5.81. The fraction of sp³-hybridized carbons (Fsp3) is 0.917. The monoisotopic (exact) mass is 212 g/mol. The molecule has 0 aromatic heterocycles. The molecule has 88 valence electrons. The maximum absolute atomic E-state index is 11.9. The van der Waals surface area contributed by atoms with Gasteiger partial charge in [0, 0.05) is 12.6 Å². The fourth-order valence-corrected chi connectivity index (χ4v) is 1.85. The second-order valence-electron chi connectivity index (χ2n) is 6.03. The van der Waals surface area contributed by atoms with E-state index in [1.807, 2.05) is 0 Å². The standard InChI is InChI=1S/C12H24N2O/c1-8-5-10(8)14-11(15)9(7-13)6-12(2,3)4/h8-10H,5-7,13H2,1-4H3,(H,14,15). The van der Waals surface area contributed by atoms with Crippen LogP contribution in [0.5, 0.6) is 0 Å². The van der Waals surface area contributed by atoms with Crippen molar-refractivity contribution in [3.8, 4) is 0 Å². The molecule has 1 amide bonds. The van der Waals surface area contributed by atoms with Crippen molar-refractivity contribution in [2.75, 3.05) is 6.54 Å². The normalized spacial score (nSPS) is 27.3. The summed E-state index contributed by atoms with van der Waals surface area (Å²) in [6, 6.07) is 0.409. The van der Waals surface area contributed by atoms with Crippen LogP contribution >= 0.6 is 0 Å². The van der Waals surface area contributed by atoms with Crippen LogP contribution in [0.4, 0.5) is 0 Å². The summed E-state index contributed by atoms with van der Waals surface area (Å²) < 4.78 is 0. The SMILES string of the molecule is CC1CC1NC(=O)C(CN)CC(C)(C)C. The highest BCUT2D eigenvalue weighted by Crippen LogP contribution is 2.30. The lowest BCUT2D eigenvalue weighted by molar-refractivity contribution is -0.125. The Kier molecular flexibility index (Phi) is 3.77. The fourth-order valence-electron chi connectivity index (χ4n) is 1.85. The predicted octanol–water partition coefficient (Wildman–Crippen LogP) is 1.52. The molecule has 3 nitrogen and oxygen atoms in total. The molecule has 0 spiro atoms. The van der Waals surface area contributed by atoms with Gasteiger partial charge in [-0.15, -0.1) is 0 Å². The van der Waals surface area contributed by atoms with Gasteiger partial charge < -0.3 is 11.1 Å². The molecule has 3 heteroatoms. The molecule has 1 fully saturated rings. The van der Waals surface area contributed by atoms with Crippen molar-refractivity contribution in [2.24, 2.45) is 23.0 Å². The zero-order chi connectivity index (χ0) is 11.6. The van der Waals surface area contributed by atoms with Gasteiger partial charge in [0.05, 0.1) is 5.92 Å². The third-order valence-electron chi connectivity index (χ3n) is 2.95. The zero-order valence-corrected chi connectivity index (χ0v) is 10.3. The number of amides is 1. The van der Waals surface area contributed by atoms with Crippen molar-refractivity contribution >= 4 is 5.91 Å². The molecule has 1 aliphatic carbocycles. The summed E-state index contributed by atoms with van der Waals surface area (Å²) in [6.45, 7) is 9.03. The van der Waals surface area contributed by atoms with Gasteiger partial charge in [-0.3, -0.25) is 4.79 Å². The second-order valence-corrected chi connectivity index (χ2v) is 6.03. The van der Waals surface area contributed by atoms with E-state index in [1.54, 1.807) is 0 Å². The van der Waals surface area contributed by atoms with Crippen molar-refractivity contribution in [1.82, 2.24) is 5.32 Å². The quantitative estimate of drug-likeness (QED) is 0.742. The minimum atomic E-state index is -0.0298. The Morgan fingerprint density at radius 3 is 2.40 bits per heavy atom. The molecule has 0 bridgehead atoms. The number of nitrogens with two attached hydrogens (primary N) is 1. The Bertz CT molecular complexity index is 232. The van der Waals surface area contributed by atoms with Gasteiger partial charge in [-0.2, -0.15) is 0 Å². The molecule has 0 radical (unpaired) electrons. The van der Waals surface area contributed by atoms with E-state index >= 15 is 0 Å². The van der Waals surface area contributed by atoms with Gasteiger partial charge in [-0.1, -0.05) is 27.7 Å². The average Bonchev–Trinajstić information content (AvgIpc) is 2.75. The molecule has 0 saturated heterocycles. The molecule has 0 aromatic rings. The average molecular weight is 212 g/mol. The predicted molar refractivity (Wildman–Crippen MR) is 62.3 cm³/mol. The van der Waals surface area contributed by atoms with Crippen LogP contribution in [-0.4, -0.2) is 18.5 Å². The van der Waals surface area contributed by atoms with Crippen LogP contribution in [-0.2, 0) is 4.79 Å². The Hall–Kier alpha value is -0.570. The first-order valence-corrected chi connectivity index (χ1v) is 5.84. The summed E-state index contributed by atoms with van der Waals surface area (Å²) in [6.07, 6.45) is 1.98. The molecular formula is C12H24N2O. The summed E-state index contributed by atoms with van der Waals surface area (Å²) in [4.78, 5) is 11.9. The Morgan fingerprint density at radius 2 is 2.07 bits per heavy atom. The number of hydrogen-bond acceptors (Lipinski definition) is 2. The third kappa shape index (κ3) is 4.20. The highest BCUT2D eigenvalue weighted by atomic mass is 16.2. The van der Waals surface area contributed by atoms with Gasteiger partial charge >= 0.3 is 0 Å². The van der Waals surface area contributed by atoms with Gasteiger partial charge in [0.2, 0.25) is 5.91 Å². The topological polar surface area (TPSA) is 55.1 Å². The number of carbonyl (C=O) groups is 1.